The predicted molar refractivity (Wildman–Crippen MR) is 153 cm³/mol. The zero-order valence-electron chi connectivity index (χ0n) is 22.1. The van der Waals surface area contributed by atoms with E-state index in [1.807, 2.05) is 26.0 Å². The molecule has 1 amide bonds. The van der Waals surface area contributed by atoms with Gasteiger partial charge in [-0.3, -0.25) is 9.89 Å². The van der Waals surface area contributed by atoms with Crippen molar-refractivity contribution in [3.63, 3.8) is 0 Å². The lowest BCUT2D eigenvalue weighted by atomic mass is 10.0. The van der Waals surface area contributed by atoms with E-state index in [1.54, 1.807) is 47.2 Å². The van der Waals surface area contributed by atoms with Crippen molar-refractivity contribution < 1.29 is 13.4 Å². The van der Waals surface area contributed by atoms with E-state index >= 15 is 0 Å². The van der Waals surface area contributed by atoms with Crippen LogP contribution in [0.4, 0.5) is 21.6 Å². The number of H-pyrrole nitrogens is 1. The summed E-state index contributed by atoms with van der Waals surface area (Å²) < 4.78 is 30.0. The van der Waals surface area contributed by atoms with Crippen molar-refractivity contribution in [1.82, 2.24) is 24.8 Å². The van der Waals surface area contributed by atoms with Crippen LogP contribution in [0.1, 0.15) is 46.9 Å². The summed E-state index contributed by atoms with van der Waals surface area (Å²) >= 11 is 0. The second-order valence-corrected chi connectivity index (χ2v) is 11.1. The van der Waals surface area contributed by atoms with Crippen molar-refractivity contribution in [2.45, 2.75) is 32.9 Å². The minimum Gasteiger partial charge on any atom is -0.348 e. The van der Waals surface area contributed by atoms with Crippen molar-refractivity contribution in [2.24, 2.45) is 0 Å². The third-order valence-corrected chi connectivity index (χ3v) is 7.32. The molecule has 1 atom stereocenters. The lowest BCUT2D eigenvalue weighted by Gasteiger charge is -2.18. The molecule has 204 valence electrons. The minimum atomic E-state index is -1.25. The largest absolute Gasteiger partial charge is 0.348 e. The molecule has 40 heavy (non-hydrogen) atoms. The van der Waals surface area contributed by atoms with Crippen LogP contribution < -0.4 is 14.9 Å². The van der Waals surface area contributed by atoms with Crippen molar-refractivity contribution in [3.8, 4) is 11.3 Å². The molecule has 2 aromatic carbocycles. The molecule has 1 unspecified atom stereocenters. The van der Waals surface area contributed by atoms with Crippen LogP contribution >= 0.6 is 0 Å². The van der Waals surface area contributed by atoms with Gasteiger partial charge in [-0.1, -0.05) is 26.0 Å². The topological polar surface area (TPSA) is 120 Å². The van der Waals surface area contributed by atoms with Gasteiger partial charge in [-0.05, 0) is 47.4 Å². The number of aromatic nitrogens is 5. The maximum atomic E-state index is 13.9. The SMILES string of the molecule is CC(C)c1c(C(=O)Nc2cccc(NS(C)=O)c2)nn2c(-c3cn[nH]c3)cc(N3Cc4ccc(F)cc4C3)nc12. The van der Waals surface area contributed by atoms with Crippen molar-refractivity contribution in [2.75, 3.05) is 21.2 Å². The highest BCUT2D eigenvalue weighted by molar-refractivity contribution is 7.85. The Balaban J connectivity index is 1.44. The summed E-state index contributed by atoms with van der Waals surface area (Å²) in [6.07, 6.45) is 4.99. The summed E-state index contributed by atoms with van der Waals surface area (Å²) in [5.74, 6) is -0.0207. The summed E-state index contributed by atoms with van der Waals surface area (Å²) in [7, 11) is -1.25. The fraction of sp³-hybridized carbons (Fsp3) is 0.214. The normalized spacial score (nSPS) is 13.6. The van der Waals surface area contributed by atoms with E-state index < -0.39 is 11.0 Å². The number of anilines is 3. The van der Waals surface area contributed by atoms with Crippen LogP contribution in [0, 0.1) is 5.82 Å². The molecule has 0 spiro atoms. The number of rotatable bonds is 7. The molecule has 0 fully saturated rings. The zero-order chi connectivity index (χ0) is 28.0. The lowest BCUT2D eigenvalue weighted by Crippen LogP contribution is -2.17. The molecular weight excluding hydrogens is 531 g/mol. The molecule has 3 aromatic heterocycles. The van der Waals surface area contributed by atoms with Crippen molar-refractivity contribution in [1.29, 1.82) is 0 Å². The average Bonchev–Trinajstić information content (AvgIpc) is 3.65. The average molecular weight is 559 g/mol. The Morgan fingerprint density at radius 2 is 1.90 bits per heavy atom. The monoisotopic (exact) mass is 558 g/mol. The number of aromatic amines is 1. The summed E-state index contributed by atoms with van der Waals surface area (Å²) in [4.78, 5) is 20.7. The van der Waals surface area contributed by atoms with E-state index in [0.29, 0.717) is 47.2 Å². The summed E-state index contributed by atoms with van der Waals surface area (Å²) in [5.41, 5.74) is 6.16. The Labute approximate surface area is 232 Å². The minimum absolute atomic E-state index is 0.0708. The smallest absolute Gasteiger partial charge is 0.276 e. The van der Waals surface area contributed by atoms with E-state index in [0.717, 1.165) is 16.7 Å². The first-order valence-corrected chi connectivity index (χ1v) is 14.3. The third kappa shape index (κ3) is 4.81. The van der Waals surface area contributed by atoms with Crippen LogP contribution in [0.25, 0.3) is 16.9 Å². The molecule has 0 bridgehead atoms. The van der Waals surface area contributed by atoms with Crippen molar-refractivity contribution >= 4 is 39.7 Å². The van der Waals surface area contributed by atoms with Gasteiger partial charge >= 0.3 is 0 Å². The van der Waals surface area contributed by atoms with Gasteiger partial charge in [0, 0.05) is 54.1 Å². The van der Waals surface area contributed by atoms with Crippen LogP contribution in [-0.4, -0.2) is 41.2 Å². The molecule has 4 heterocycles. The number of benzene rings is 2. The molecular formula is C28H27FN8O2S. The Hall–Kier alpha value is -4.58. The number of carbonyl (C=O) groups excluding carboxylic acids is 1. The predicted octanol–water partition coefficient (Wildman–Crippen LogP) is 4.86. The number of carbonyl (C=O) groups is 1. The first-order valence-electron chi connectivity index (χ1n) is 12.7. The van der Waals surface area contributed by atoms with E-state index in [-0.39, 0.29) is 23.3 Å². The molecule has 1 aliphatic heterocycles. The van der Waals surface area contributed by atoms with Crippen LogP contribution in [0.15, 0.2) is 60.9 Å². The molecule has 0 radical (unpaired) electrons. The fourth-order valence-electron chi connectivity index (χ4n) is 5.02. The molecule has 0 saturated heterocycles. The number of fused-ring (bicyclic) bond motifs is 2. The number of halogens is 1. The second-order valence-electron chi connectivity index (χ2n) is 10.00. The Morgan fingerprint density at radius 3 is 2.65 bits per heavy atom. The van der Waals surface area contributed by atoms with E-state index in [1.165, 1.54) is 12.3 Å². The maximum absolute atomic E-state index is 13.9. The van der Waals surface area contributed by atoms with Crippen molar-refractivity contribution in [3.05, 3.63) is 89.1 Å². The van der Waals surface area contributed by atoms with E-state index in [4.69, 9.17) is 10.1 Å². The number of hydrogen-bond acceptors (Lipinski definition) is 6. The lowest BCUT2D eigenvalue weighted by molar-refractivity contribution is 0.102. The summed E-state index contributed by atoms with van der Waals surface area (Å²) in [6.45, 7) is 5.10. The van der Waals surface area contributed by atoms with Gasteiger partial charge in [0.05, 0.1) is 11.9 Å². The van der Waals surface area contributed by atoms with Gasteiger partial charge in [0.1, 0.15) is 22.6 Å². The van der Waals surface area contributed by atoms with Gasteiger partial charge in [0.25, 0.3) is 5.91 Å². The Kier molecular flexibility index (Phi) is 6.54. The molecule has 6 rings (SSSR count). The number of nitrogens with one attached hydrogen (secondary N) is 3. The first-order chi connectivity index (χ1) is 19.3. The summed E-state index contributed by atoms with van der Waals surface area (Å²) in [6, 6.07) is 13.8. The second kappa shape index (κ2) is 10.2. The highest BCUT2D eigenvalue weighted by Gasteiger charge is 2.28. The number of hydrogen-bond donors (Lipinski definition) is 3. The zero-order valence-corrected chi connectivity index (χ0v) is 22.9. The Morgan fingerprint density at radius 1 is 1.10 bits per heavy atom. The third-order valence-electron chi connectivity index (χ3n) is 6.79. The maximum Gasteiger partial charge on any atom is 0.276 e. The first kappa shape index (κ1) is 25.7. The van der Waals surface area contributed by atoms with Crippen LogP contribution in [-0.2, 0) is 24.1 Å². The highest BCUT2D eigenvalue weighted by Crippen LogP contribution is 2.34. The van der Waals surface area contributed by atoms with Crippen LogP contribution in [0.5, 0.6) is 0 Å². The molecule has 12 heteroatoms. The number of nitrogens with zero attached hydrogens (tertiary/aromatic N) is 5. The van der Waals surface area contributed by atoms with Gasteiger partial charge in [-0.25, -0.2) is 18.1 Å². The van der Waals surface area contributed by atoms with Gasteiger partial charge in [-0.2, -0.15) is 10.2 Å². The van der Waals surface area contributed by atoms with Gasteiger partial charge in [0.2, 0.25) is 0 Å². The molecule has 0 saturated carbocycles. The molecule has 3 N–H and O–H groups in total. The van der Waals surface area contributed by atoms with Crippen LogP contribution in [0.2, 0.25) is 0 Å². The summed E-state index contributed by atoms with van der Waals surface area (Å²) in [5, 5.41) is 14.6. The number of amides is 1. The van der Waals surface area contributed by atoms with Gasteiger partial charge < -0.3 is 14.9 Å². The van der Waals surface area contributed by atoms with Gasteiger partial charge in [0.15, 0.2) is 11.3 Å². The van der Waals surface area contributed by atoms with Crippen LogP contribution in [0.3, 0.4) is 0 Å². The quantitative estimate of drug-likeness (QED) is 0.262. The molecule has 0 aliphatic carbocycles. The molecule has 5 aromatic rings. The van der Waals surface area contributed by atoms with E-state index in [9.17, 15) is 13.4 Å². The fourth-order valence-corrected chi connectivity index (χ4v) is 5.48. The Bertz CT molecular complexity index is 1770. The standard InChI is InChI=1S/C28H27FN8O2S/c1-16(2)25-26(28(38)32-21-5-4-6-22(10-21)35-40(3)39)34-37-23(19-12-30-31-13-19)11-24(33-27(25)37)36-14-17-7-8-20(29)9-18(17)15-36/h4-13,16,35H,14-15H2,1-3H3,(H,30,31)(H,32,38). The highest BCUT2D eigenvalue weighted by atomic mass is 32.2. The molecule has 10 nitrogen and oxygen atoms in total. The van der Waals surface area contributed by atoms with E-state index in [2.05, 4.69) is 25.1 Å². The molecule has 1 aliphatic rings. The van der Waals surface area contributed by atoms with Gasteiger partial charge in [-0.15, -0.1) is 0 Å².